The van der Waals surface area contributed by atoms with Crippen LogP contribution in [0.3, 0.4) is 0 Å². The van der Waals surface area contributed by atoms with Crippen molar-refractivity contribution in [2.45, 2.75) is 6.42 Å². The molecule has 2 aromatic carbocycles. The number of anilines is 1. The number of nitrogen functional groups attached to an aromatic ring is 1. The molecule has 0 spiro atoms. The fraction of sp³-hybridized carbons (Fsp3) is 0.0625. The normalized spacial score (nSPS) is 12.6. The molecule has 124 valence electrons. The number of nitrogens with two attached hydrogens (primary N) is 1. The summed E-state index contributed by atoms with van der Waals surface area (Å²) >= 11 is 0. The molecule has 0 amide bonds. The van der Waals surface area contributed by atoms with Gasteiger partial charge in [0.25, 0.3) is 0 Å². The molecule has 24 heavy (non-hydrogen) atoms. The van der Waals surface area contributed by atoms with Gasteiger partial charge in [-0.2, -0.15) is 0 Å². The molecule has 3 rings (SSSR count). The van der Waals surface area contributed by atoms with Crippen LogP contribution in [0.1, 0.15) is 26.3 Å². The molecule has 0 unspecified atom stereocenters. The van der Waals surface area contributed by atoms with Crippen molar-refractivity contribution in [3.8, 4) is 0 Å². The molecule has 3 N–H and O–H groups in total. The number of halogens is 2. The lowest BCUT2D eigenvalue weighted by atomic mass is 10.0. The van der Waals surface area contributed by atoms with Crippen LogP contribution in [-0.2, 0) is 16.0 Å². The zero-order chi connectivity index (χ0) is 17.9. The SMILES string of the molecule is Nc1ccc(F)cc1C(=O)O.O=C1Cc2ccc(F)cc2C(=O)O1. The standard InChI is InChI=1S/C9H5FO3.C7H6FNO2/c10-6-2-1-5-3-8(11)13-9(12)7(5)4-6;8-4-1-2-6(9)5(3-4)7(10)11/h1-2,4H,3H2;1-3H,9H2,(H,10,11). The van der Waals surface area contributed by atoms with Crippen LogP contribution in [0.15, 0.2) is 36.4 Å². The van der Waals surface area contributed by atoms with Crippen molar-refractivity contribution in [1.82, 2.24) is 0 Å². The number of hydrogen-bond donors (Lipinski definition) is 2. The average molecular weight is 335 g/mol. The molecule has 0 atom stereocenters. The second-order valence-corrected chi connectivity index (χ2v) is 4.78. The van der Waals surface area contributed by atoms with E-state index >= 15 is 0 Å². The van der Waals surface area contributed by atoms with E-state index in [9.17, 15) is 23.2 Å². The van der Waals surface area contributed by atoms with Crippen molar-refractivity contribution in [3.05, 3.63) is 64.7 Å². The van der Waals surface area contributed by atoms with Crippen LogP contribution < -0.4 is 5.73 Å². The maximum absolute atomic E-state index is 12.7. The molecule has 0 saturated carbocycles. The van der Waals surface area contributed by atoms with E-state index in [1.54, 1.807) is 0 Å². The van der Waals surface area contributed by atoms with Gasteiger partial charge in [-0.1, -0.05) is 6.07 Å². The molecule has 1 aliphatic rings. The van der Waals surface area contributed by atoms with Crippen molar-refractivity contribution in [3.63, 3.8) is 0 Å². The Labute approximate surface area is 134 Å². The highest BCUT2D eigenvalue weighted by atomic mass is 19.1. The maximum Gasteiger partial charge on any atom is 0.346 e. The fourth-order valence-corrected chi connectivity index (χ4v) is 1.96. The Hall–Kier alpha value is -3.29. The summed E-state index contributed by atoms with van der Waals surface area (Å²) in [4.78, 5) is 32.2. The highest BCUT2D eigenvalue weighted by Crippen LogP contribution is 2.18. The number of carboxylic acids is 1. The molecule has 0 bridgehead atoms. The van der Waals surface area contributed by atoms with Gasteiger partial charge in [0, 0.05) is 5.69 Å². The predicted molar refractivity (Wildman–Crippen MR) is 78.3 cm³/mol. The second kappa shape index (κ2) is 6.86. The Balaban J connectivity index is 0.000000177. The van der Waals surface area contributed by atoms with Gasteiger partial charge in [0.1, 0.15) is 11.6 Å². The van der Waals surface area contributed by atoms with Crippen molar-refractivity contribution >= 4 is 23.6 Å². The van der Waals surface area contributed by atoms with E-state index in [-0.39, 0.29) is 23.2 Å². The van der Waals surface area contributed by atoms with E-state index in [1.807, 2.05) is 0 Å². The zero-order valence-electron chi connectivity index (χ0n) is 12.1. The number of esters is 2. The first kappa shape index (κ1) is 17.1. The summed E-state index contributed by atoms with van der Waals surface area (Å²) in [7, 11) is 0. The molecular weight excluding hydrogens is 324 g/mol. The van der Waals surface area contributed by atoms with Crippen LogP contribution >= 0.6 is 0 Å². The van der Waals surface area contributed by atoms with Gasteiger partial charge in [-0.15, -0.1) is 0 Å². The quantitative estimate of drug-likeness (QED) is 0.470. The molecule has 6 nitrogen and oxygen atoms in total. The first-order chi connectivity index (χ1) is 11.3. The van der Waals surface area contributed by atoms with E-state index in [2.05, 4.69) is 4.74 Å². The molecule has 0 saturated heterocycles. The highest BCUT2D eigenvalue weighted by molar-refractivity contribution is 6.02. The molecule has 2 aromatic rings. The number of carboxylic acid groups (broad SMARTS) is 1. The van der Waals surface area contributed by atoms with Gasteiger partial charge in [0.05, 0.1) is 17.5 Å². The van der Waals surface area contributed by atoms with E-state index in [0.717, 1.165) is 18.2 Å². The number of benzene rings is 2. The van der Waals surface area contributed by atoms with Gasteiger partial charge in [-0.3, -0.25) is 4.79 Å². The minimum Gasteiger partial charge on any atom is -0.478 e. The highest BCUT2D eigenvalue weighted by Gasteiger charge is 2.24. The first-order valence-electron chi connectivity index (χ1n) is 6.59. The Morgan fingerprint density at radius 1 is 1.08 bits per heavy atom. The van der Waals surface area contributed by atoms with Gasteiger partial charge < -0.3 is 15.6 Å². The summed E-state index contributed by atoms with van der Waals surface area (Å²) in [6, 6.07) is 6.93. The monoisotopic (exact) mass is 335 g/mol. The lowest BCUT2D eigenvalue weighted by Crippen LogP contribution is -2.22. The van der Waals surface area contributed by atoms with Gasteiger partial charge >= 0.3 is 17.9 Å². The van der Waals surface area contributed by atoms with E-state index < -0.39 is 29.5 Å². The molecule has 8 heteroatoms. The van der Waals surface area contributed by atoms with Crippen molar-refractivity contribution in [2.75, 3.05) is 5.73 Å². The Kier molecular flexibility index (Phi) is 4.88. The van der Waals surface area contributed by atoms with Crippen LogP contribution in [-0.4, -0.2) is 23.0 Å². The van der Waals surface area contributed by atoms with Crippen LogP contribution in [0.25, 0.3) is 0 Å². The van der Waals surface area contributed by atoms with Crippen LogP contribution in [0, 0.1) is 11.6 Å². The maximum atomic E-state index is 12.7. The van der Waals surface area contributed by atoms with Gasteiger partial charge in [0.15, 0.2) is 0 Å². The second-order valence-electron chi connectivity index (χ2n) is 4.78. The van der Waals surface area contributed by atoms with E-state index in [1.165, 1.54) is 18.2 Å². The lowest BCUT2D eigenvalue weighted by Gasteiger charge is -2.12. The fourth-order valence-electron chi connectivity index (χ4n) is 1.96. The number of carbonyl (C=O) groups excluding carboxylic acids is 2. The molecule has 1 heterocycles. The van der Waals surface area contributed by atoms with Gasteiger partial charge in [0.2, 0.25) is 0 Å². The number of fused-ring (bicyclic) bond motifs is 1. The zero-order valence-corrected chi connectivity index (χ0v) is 12.1. The molecule has 0 fully saturated rings. The summed E-state index contributed by atoms with van der Waals surface area (Å²) in [5.74, 6) is -3.70. The van der Waals surface area contributed by atoms with Crippen LogP contribution in [0.4, 0.5) is 14.5 Å². The average Bonchev–Trinajstić information content (AvgIpc) is 2.51. The predicted octanol–water partition coefficient (Wildman–Crippen LogP) is 2.17. The molecule has 1 aliphatic heterocycles. The molecule has 0 aliphatic carbocycles. The van der Waals surface area contributed by atoms with Gasteiger partial charge in [-0.25, -0.2) is 18.4 Å². The van der Waals surface area contributed by atoms with E-state index in [0.29, 0.717) is 5.56 Å². The van der Waals surface area contributed by atoms with E-state index in [4.69, 9.17) is 10.8 Å². The Morgan fingerprint density at radius 3 is 2.33 bits per heavy atom. The van der Waals surface area contributed by atoms with Gasteiger partial charge in [-0.05, 0) is 35.9 Å². The van der Waals surface area contributed by atoms with Crippen LogP contribution in [0.5, 0.6) is 0 Å². The van der Waals surface area contributed by atoms with Crippen LogP contribution in [0.2, 0.25) is 0 Å². The summed E-state index contributed by atoms with van der Waals surface area (Å²) in [6.45, 7) is 0. The summed E-state index contributed by atoms with van der Waals surface area (Å²) in [5.41, 5.74) is 5.76. The molecule has 0 aromatic heterocycles. The number of aromatic carboxylic acids is 1. The number of cyclic esters (lactones) is 2. The Morgan fingerprint density at radius 2 is 1.71 bits per heavy atom. The molecular formula is C16H11F2NO5. The molecule has 0 radical (unpaired) electrons. The summed E-state index contributed by atoms with van der Waals surface area (Å²) < 4.78 is 29.4. The number of hydrogen-bond acceptors (Lipinski definition) is 5. The lowest BCUT2D eigenvalue weighted by molar-refractivity contribution is -0.137. The van der Waals surface area contributed by atoms with Crippen molar-refractivity contribution in [2.24, 2.45) is 0 Å². The minimum atomic E-state index is -1.22. The minimum absolute atomic E-state index is 0.0291. The third-order valence-electron chi connectivity index (χ3n) is 3.08. The third-order valence-corrected chi connectivity index (χ3v) is 3.08. The Bertz CT molecular complexity index is 835. The smallest absolute Gasteiger partial charge is 0.346 e. The summed E-state index contributed by atoms with van der Waals surface area (Å²) in [6.07, 6.45) is 0.0291. The number of ether oxygens (including phenoxy) is 1. The van der Waals surface area contributed by atoms with Crippen molar-refractivity contribution in [1.29, 1.82) is 0 Å². The largest absolute Gasteiger partial charge is 0.478 e. The topological polar surface area (TPSA) is 107 Å². The van der Waals surface area contributed by atoms with Crippen molar-refractivity contribution < 1.29 is 33.0 Å². The third kappa shape index (κ3) is 3.92. The number of carbonyl (C=O) groups is 3. The summed E-state index contributed by atoms with van der Waals surface area (Å²) in [5, 5.41) is 8.44. The first-order valence-corrected chi connectivity index (χ1v) is 6.59. The number of rotatable bonds is 1.